The van der Waals surface area contributed by atoms with Crippen molar-refractivity contribution in [2.45, 2.75) is 68.7 Å². The number of aromatic nitrogens is 4. The minimum absolute atomic E-state index is 0.0396. The van der Waals surface area contributed by atoms with Gasteiger partial charge in [-0.15, -0.1) is 0 Å². The molecule has 2 fully saturated rings. The Balaban J connectivity index is 1.10. The molecule has 7 atom stereocenters. The Kier molecular flexibility index (Phi) is 17.5. The molecule has 1 amide bonds. The molecule has 24 heteroatoms. The molecule has 6 aromatic rings. The molecule has 2 saturated heterocycles. The first-order valence-electron chi connectivity index (χ1n) is 23.1. The maximum atomic E-state index is 15.0. The number of carbonyl (C=O) groups excluding carboxylic acids is 1. The number of amides is 1. The van der Waals surface area contributed by atoms with Crippen molar-refractivity contribution in [2.75, 3.05) is 39.4 Å². The van der Waals surface area contributed by atoms with E-state index in [0.717, 1.165) is 4.57 Å². The van der Waals surface area contributed by atoms with Gasteiger partial charge in [0.15, 0.2) is 0 Å². The fraction of sp³-hybridized carbons (Fsp3) is 0.320. The zero-order valence-electron chi connectivity index (χ0n) is 40.1. The number of ether oxygens (including phenoxy) is 5. The number of anilines is 1. The monoisotopic (exact) mass is 1050 g/mol. The van der Waals surface area contributed by atoms with E-state index >= 15 is 4.57 Å². The van der Waals surface area contributed by atoms with E-state index < -0.39 is 95.0 Å². The molecule has 0 saturated carbocycles. The van der Waals surface area contributed by atoms with E-state index in [1.54, 1.807) is 68.8 Å². The van der Waals surface area contributed by atoms with Gasteiger partial charge >= 0.3 is 27.8 Å². The van der Waals surface area contributed by atoms with Crippen LogP contribution in [-0.2, 0) is 42.5 Å². The molecule has 2 aliphatic rings. The lowest BCUT2D eigenvalue weighted by Crippen LogP contribution is -2.38. The number of nitrogens with zero attached hydrogens (tertiary/aromatic N) is 4. The van der Waals surface area contributed by atoms with Crippen LogP contribution in [0.25, 0.3) is 0 Å². The van der Waals surface area contributed by atoms with Gasteiger partial charge in [0.1, 0.15) is 53.7 Å². The average molecular weight is 1050 g/mol. The van der Waals surface area contributed by atoms with Crippen LogP contribution >= 0.6 is 16.4 Å². The van der Waals surface area contributed by atoms with Crippen LogP contribution in [0.15, 0.2) is 142 Å². The number of H-pyrrole nitrogens is 1. The molecule has 0 spiro atoms. The summed E-state index contributed by atoms with van der Waals surface area (Å²) in [5.74, 6) is 0.640. The van der Waals surface area contributed by atoms with Crippen LogP contribution in [0.4, 0.5) is 5.82 Å². The number of phosphoric ester groups is 1. The van der Waals surface area contributed by atoms with Crippen molar-refractivity contribution in [1.29, 1.82) is 5.26 Å². The van der Waals surface area contributed by atoms with Crippen molar-refractivity contribution in [3.05, 3.63) is 187 Å². The SMILES string of the molecule is COc1ccc(C(OC[C@H]2O[C@@H](n3cc(C)c(=O)[nH]c3=O)C[C@@H]2OP(=O)(OCCC#N)OC[C@H]2O[C@@H](n3ccc(NC(=O)c4ccccc4)nc3=O)C[C@@H]2OP(O)O)(c2ccccc2)c2ccc(OC)cc2)cc1. The number of aryl methyl sites for hydroxylation is 1. The number of nitriles is 1. The van der Waals surface area contributed by atoms with Crippen LogP contribution in [0.2, 0.25) is 0 Å². The molecule has 2 aliphatic heterocycles. The summed E-state index contributed by atoms with van der Waals surface area (Å²) in [6, 6.07) is 35.6. The summed E-state index contributed by atoms with van der Waals surface area (Å²) in [4.78, 5) is 78.1. The van der Waals surface area contributed by atoms with Gasteiger partial charge < -0.3 is 43.3 Å². The average Bonchev–Trinajstić information content (AvgIpc) is 4.00. The highest BCUT2D eigenvalue weighted by atomic mass is 31.2. The van der Waals surface area contributed by atoms with Crippen LogP contribution < -0.4 is 31.7 Å². The number of carbonyl (C=O) groups is 1. The Morgan fingerprint density at radius 1 is 0.824 bits per heavy atom. The molecule has 22 nitrogen and oxygen atoms in total. The standard InChI is InChI=1S/C50H52N6O16P2/c1-32-29-56(49(60)54-46(32)57)45-28-40(41(69-45)30-66-50(34-13-8-5-9-14-34,35-15-19-37(64-2)20-16-35)36-17-21-38(65-3)22-18-36)72-74(63,67-26-10-24-51)68-31-42-39(71-73(61)62)27-44(70-42)55-25-23-43(53-48(55)59)52-47(58)33-11-6-4-7-12-33/h4-9,11-23,25,29,39-42,44-45,61-62H,10,26-28,30-31H2,1-3H3,(H,54,57,60)(H,52,53,58,59)/t39-,40-,41+,42+,44+,45+,74?/m0/s1. The van der Waals surface area contributed by atoms with Crippen molar-refractivity contribution in [2.24, 2.45) is 0 Å². The van der Waals surface area contributed by atoms with E-state index in [-0.39, 0.29) is 37.3 Å². The molecule has 1 unspecified atom stereocenters. The van der Waals surface area contributed by atoms with E-state index in [1.165, 1.54) is 30.0 Å². The molecule has 4 N–H and O–H groups in total. The fourth-order valence-corrected chi connectivity index (χ4v) is 10.4. The highest BCUT2D eigenvalue weighted by Gasteiger charge is 2.48. The summed E-state index contributed by atoms with van der Waals surface area (Å²) < 4.78 is 71.5. The Labute approximate surface area is 424 Å². The number of rotatable bonds is 22. The Morgan fingerprint density at radius 2 is 1.41 bits per heavy atom. The lowest BCUT2D eigenvalue weighted by Gasteiger charge is -2.37. The van der Waals surface area contributed by atoms with Crippen LogP contribution in [-0.4, -0.2) is 93.3 Å². The molecule has 0 aliphatic carbocycles. The molecule has 0 radical (unpaired) electrons. The van der Waals surface area contributed by atoms with Crippen LogP contribution in [0.1, 0.15) is 64.3 Å². The number of hydrogen-bond donors (Lipinski definition) is 4. The van der Waals surface area contributed by atoms with Gasteiger partial charge in [-0.25, -0.2) is 14.2 Å². The Hall–Kier alpha value is -6.70. The van der Waals surface area contributed by atoms with Crippen LogP contribution in [0, 0.1) is 18.3 Å². The lowest BCUT2D eigenvalue weighted by atomic mass is 9.80. The van der Waals surface area contributed by atoms with Gasteiger partial charge in [-0.1, -0.05) is 72.8 Å². The van der Waals surface area contributed by atoms with Crippen LogP contribution in [0.5, 0.6) is 11.5 Å². The maximum absolute atomic E-state index is 15.0. The highest BCUT2D eigenvalue weighted by Crippen LogP contribution is 2.54. The molecular weight excluding hydrogens is 1000 g/mol. The second-order valence-electron chi connectivity index (χ2n) is 16.9. The largest absolute Gasteiger partial charge is 0.497 e. The Bertz CT molecular complexity index is 3090. The summed E-state index contributed by atoms with van der Waals surface area (Å²) >= 11 is 0. The van der Waals surface area contributed by atoms with Crippen LogP contribution in [0.3, 0.4) is 0 Å². The molecule has 388 valence electrons. The minimum atomic E-state index is -4.84. The first kappa shape index (κ1) is 53.6. The number of hydrogen-bond acceptors (Lipinski definition) is 18. The van der Waals surface area contributed by atoms with Crippen molar-refractivity contribution in [3.63, 3.8) is 0 Å². The molecule has 4 heterocycles. The van der Waals surface area contributed by atoms with E-state index in [0.29, 0.717) is 33.8 Å². The van der Waals surface area contributed by atoms with E-state index in [1.807, 2.05) is 60.7 Å². The fourth-order valence-electron chi connectivity index (χ4n) is 8.58. The summed E-state index contributed by atoms with van der Waals surface area (Å²) in [6.07, 6.45) is -5.02. The highest BCUT2D eigenvalue weighted by molar-refractivity contribution is 7.48. The summed E-state index contributed by atoms with van der Waals surface area (Å²) in [5, 5.41) is 12.0. The number of phosphoric acid groups is 1. The second-order valence-corrected chi connectivity index (χ2v) is 19.2. The van der Waals surface area contributed by atoms with Gasteiger partial charge in [-0.3, -0.25) is 37.3 Å². The number of nitrogens with one attached hydrogen (secondary N) is 2. The van der Waals surface area contributed by atoms with Gasteiger partial charge in [0.05, 0.1) is 52.6 Å². The molecule has 8 rings (SSSR count). The molecule has 74 heavy (non-hydrogen) atoms. The second kappa shape index (κ2) is 24.1. The quantitative estimate of drug-likeness (QED) is 0.0345. The predicted molar refractivity (Wildman–Crippen MR) is 265 cm³/mol. The van der Waals surface area contributed by atoms with Crippen molar-refractivity contribution in [3.8, 4) is 17.6 Å². The molecular formula is C50H52N6O16P2. The summed E-state index contributed by atoms with van der Waals surface area (Å²) in [5.41, 5.74) is -1.02. The van der Waals surface area contributed by atoms with E-state index in [2.05, 4.69) is 15.3 Å². The van der Waals surface area contributed by atoms with E-state index in [9.17, 15) is 34.2 Å². The third-order valence-electron chi connectivity index (χ3n) is 12.2. The van der Waals surface area contributed by atoms with Gasteiger partial charge in [0.25, 0.3) is 11.5 Å². The summed E-state index contributed by atoms with van der Waals surface area (Å²) in [7, 11) is -4.72. The molecule has 4 aromatic carbocycles. The third kappa shape index (κ3) is 12.4. The zero-order chi connectivity index (χ0) is 52.4. The topological polar surface area (TPSA) is 283 Å². The zero-order valence-corrected chi connectivity index (χ0v) is 41.9. The van der Waals surface area contributed by atoms with Crippen molar-refractivity contribution in [1.82, 2.24) is 19.1 Å². The normalized spacial score (nSPS) is 20.4. The van der Waals surface area contributed by atoms with Gasteiger partial charge in [-0.05, 0) is 66.1 Å². The Morgan fingerprint density at radius 3 is 2.00 bits per heavy atom. The first-order chi connectivity index (χ1) is 35.7. The number of aromatic amines is 1. The predicted octanol–water partition coefficient (Wildman–Crippen LogP) is 5.99. The number of benzene rings is 4. The van der Waals surface area contributed by atoms with Gasteiger partial charge in [-0.2, -0.15) is 10.2 Å². The first-order valence-corrected chi connectivity index (χ1v) is 25.7. The smallest absolute Gasteiger partial charge is 0.475 e. The van der Waals surface area contributed by atoms with Gasteiger partial charge in [0, 0.05) is 36.4 Å². The molecule has 0 bridgehead atoms. The maximum Gasteiger partial charge on any atom is 0.475 e. The molecule has 2 aromatic heterocycles. The number of methoxy groups -OCH3 is 2. The van der Waals surface area contributed by atoms with Gasteiger partial charge in [0.2, 0.25) is 0 Å². The lowest BCUT2D eigenvalue weighted by molar-refractivity contribution is -0.0959. The van der Waals surface area contributed by atoms with E-state index in [4.69, 9.17) is 41.8 Å². The van der Waals surface area contributed by atoms with Crippen molar-refractivity contribution >= 4 is 28.2 Å². The minimum Gasteiger partial charge on any atom is -0.497 e. The van der Waals surface area contributed by atoms with Crippen molar-refractivity contribution < 1.29 is 60.9 Å². The summed E-state index contributed by atoms with van der Waals surface area (Å²) in [6.45, 7) is 0.127. The third-order valence-corrected chi connectivity index (χ3v) is 14.2.